The molecule has 1 saturated heterocycles. The van der Waals surface area contributed by atoms with Crippen LogP contribution in [0.5, 0.6) is 0 Å². The molecule has 1 aromatic heterocycles. The Hall–Kier alpha value is -1.40. The van der Waals surface area contributed by atoms with Crippen molar-refractivity contribution in [3.05, 3.63) is 17.5 Å². The maximum absolute atomic E-state index is 10.9. The van der Waals surface area contributed by atoms with Gasteiger partial charge in [0.05, 0.1) is 5.69 Å². The van der Waals surface area contributed by atoms with Crippen LogP contribution in [-0.4, -0.2) is 36.4 Å². The van der Waals surface area contributed by atoms with Crippen molar-refractivity contribution >= 4 is 5.97 Å². The maximum atomic E-state index is 10.9. The molecule has 2 rings (SSSR count). The molecular weight excluding hydrogens is 248 g/mol. The van der Waals surface area contributed by atoms with Crippen molar-refractivity contribution in [2.75, 3.05) is 20.2 Å². The molecule has 1 aliphatic heterocycles. The minimum Gasteiger partial charge on any atom is -0.481 e. The molecule has 0 aliphatic carbocycles. The highest BCUT2D eigenvalue weighted by atomic mass is 16.5. The molecule has 1 fully saturated rings. The van der Waals surface area contributed by atoms with E-state index in [0.717, 1.165) is 31.6 Å². The van der Waals surface area contributed by atoms with Crippen molar-refractivity contribution in [1.82, 2.24) is 10.5 Å². The van der Waals surface area contributed by atoms with Crippen molar-refractivity contribution in [2.24, 2.45) is 11.8 Å². The second-order valence-corrected chi connectivity index (χ2v) is 5.03. The van der Waals surface area contributed by atoms with Gasteiger partial charge in [-0.25, -0.2) is 0 Å². The molecule has 2 unspecified atom stereocenters. The standard InChI is InChI=1S/C13H20N2O4/c1-18-8-12-6-11(15-19-12)4-10-7-14-3-2-9(10)5-13(16)17/h6,9-10,14H,2-5,7-8H2,1H3,(H,16,17). The largest absolute Gasteiger partial charge is 0.481 e. The van der Waals surface area contributed by atoms with E-state index in [0.29, 0.717) is 18.3 Å². The third-order valence-corrected chi connectivity index (χ3v) is 3.57. The second-order valence-electron chi connectivity index (χ2n) is 5.03. The number of methoxy groups -OCH3 is 1. The van der Waals surface area contributed by atoms with Crippen LogP contribution >= 0.6 is 0 Å². The van der Waals surface area contributed by atoms with E-state index in [1.54, 1.807) is 7.11 Å². The van der Waals surface area contributed by atoms with Crippen LogP contribution in [0.3, 0.4) is 0 Å². The van der Waals surface area contributed by atoms with Gasteiger partial charge in [0.25, 0.3) is 0 Å². The predicted octanol–water partition coefficient (Wildman–Crippen LogP) is 1.06. The molecule has 0 aromatic carbocycles. The zero-order valence-electron chi connectivity index (χ0n) is 11.1. The fourth-order valence-electron chi connectivity index (χ4n) is 2.64. The molecule has 2 atom stereocenters. The Kier molecular flexibility index (Phi) is 4.93. The normalized spacial score (nSPS) is 23.4. The second kappa shape index (κ2) is 6.68. The van der Waals surface area contributed by atoms with Gasteiger partial charge in [0.15, 0.2) is 5.76 Å². The summed E-state index contributed by atoms with van der Waals surface area (Å²) >= 11 is 0. The van der Waals surface area contributed by atoms with Gasteiger partial charge < -0.3 is 19.7 Å². The lowest BCUT2D eigenvalue weighted by Crippen LogP contribution is -2.38. The van der Waals surface area contributed by atoms with Gasteiger partial charge in [0.2, 0.25) is 0 Å². The molecule has 1 aliphatic rings. The summed E-state index contributed by atoms with van der Waals surface area (Å²) in [5.41, 5.74) is 0.871. The lowest BCUT2D eigenvalue weighted by atomic mass is 9.81. The van der Waals surface area contributed by atoms with Crippen LogP contribution in [0.2, 0.25) is 0 Å². The van der Waals surface area contributed by atoms with Crippen LogP contribution in [0.15, 0.2) is 10.6 Å². The van der Waals surface area contributed by atoms with Crippen LogP contribution in [-0.2, 0) is 22.6 Å². The highest BCUT2D eigenvalue weighted by Crippen LogP contribution is 2.26. The first-order valence-corrected chi connectivity index (χ1v) is 6.55. The number of piperidine rings is 1. The van der Waals surface area contributed by atoms with Crippen molar-refractivity contribution in [1.29, 1.82) is 0 Å². The number of carboxylic acids is 1. The molecule has 0 spiro atoms. The van der Waals surface area contributed by atoms with Gasteiger partial charge in [-0.2, -0.15) is 0 Å². The zero-order valence-corrected chi connectivity index (χ0v) is 11.1. The van der Waals surface area contributed by atoms with Gasteiger partial charge in [-0.3, -0.25) is 4.79 Å². The number of nitrogens with zero attached hydrogens (tertiary/aromatic N) is 1. The first kappa shape index (κ1) is 14.0. The third kappa shape index (κ3) is 4.04. The Balaban J connectivity index is 1.95. The molecule has 1 aromatic rings. The lowest BCUT2D eigenvalue weighted by molar-refractivity contribution is -0.138. The van der Waals surface area contributed by atoms with Gasteiger partial charge in [0, 0.05) is 19.6 Å². The Morgan fingerprint density at radius 2 is 2.47 bits per heavy atom. The molecule has 0 bridgehead atoms. The molecule has 106 valence electrons. The number of rotatable bonds is 6. The maximum Gasteiger partial charge on any atom is 0.303 e. The zero-order chi connectivity index (χ0) is 13.7. The third-order valence-electron chi connectivity index (χ3n) is 3.57. The Labute approximate surface area is 112 Å². The number of hydrogen-bond acceptors (Lipinski definition) is 5. The summed E-state index contributed by atoms with van der Waals surface area (Å²) in [6, 6.07) is 1.88. The van der Waals surface area contributed by atoms with E-state index in [1.807, 2.05) is 6.07 Å². The van der Waals surface area contributed by atoms with Crippen molar-refractivity contribution in [2.45, 2.75) is 25.9 Å². The van der Waals surface area contributed by atoms with Gasteiger partial charge in [-0.05, 0) is 37.8 Å². The minimum absolute atomic E-state index is 0.210. The van der Waals surface area contributed by atoms with Gasteiger partial charge in [0.1, 0.15) is 6.61 Å². The smallest absolute Gasteiger partial charge is 0.303 e. The van der Waals surface area contributed by atoms with Crippen LogP contribution in [0.1, 0.15) is 24.3 Å². The van der Waals surface area contributed by atoms with Gasteiger partial charge in [-0.1, -0.05) is 5.16 Å². The number of carbonyl (C=O) groups is 1. The summed E-state index contributed by atoms with van der Waals surface area (Å²) in [5.74, 6) is 0.486. The number of ether oxygens (including phenoxy) is 1. The van der Waals surface area contributed by atoms with Gasteiger partial charge in [-0.15, -0.1) is 0 Å². The first-order chi connectivity index (χ1) is 9.19. The molecular formula is C13H20N2O4. The quantitative estimate of drug-likeness (QED) is 0.802. The summed E-state index contributed by atoms with van der Waals surface area (Å²) in [6.45, 7) is 2.14. The fraction of sp³-hybridized carbons (Fsp3) is 0.692. The summed E-state index contributed by atoms with van der Waals surface area (Å²) < 4.78 is 10.1. The topological polar surface area (TPSA) is 84.6 Å². The molecule has 6 heteroatoms. The first-order valence-electron chi connectivity index (χ1n) is 6.55. The SMILES string of the molecule is COCc1cc(CC2CNCCC2CC(=O)O)no1. The molecule has 0 saturated carbocycles. The number of nitrogens with one attached hydrogen (secondary N) is 1. The highest BCUT2D eigenvalue weighted by molar-refractivity contribution is 5.67. The van der Waals surface area contributed by atoms with Crippen LogP contribution in [0.25, 0.3) is 0 Å². The Morgan fingerprint density at radius 1 is 1.63 bits per heavy atom. The summed E-state index contributed by atoms with van der Waals surface area (Å²) in [5, 5.41) is 16.3. The van der Waals surface area contributed by atoms with Crippen molar-refractivity contribution < 1.29 is 19.2 Å². The molecule has 19 heavy (non-hydrogen) atoms. The summed E-state index contributed by atoms with van der Waals surface area (Å²) in [4.78, 5) is 10.9. The number of aliphatic carboxylic acids is 1. The van der Waals surface area contributed by atoms with E-state index >= 15 is 0 Å². The lowest BCUT2D eigenvalue weighted by Gasteiger charge is -2.30. The Bertz CT molecular complexity index is 419. The average Bonchev–Trinajstić information content (AvgIpc) is 2.79. The number of carboxylic acid groups (broad SMARTS) is 1. The predicted molar refractivity (Wildman–Crippen MR) is 67.6 cm³/mol. The molecule has 2 heterocycles. The number of aromatic nitrogens is 1. The van der Waals surface area contributed by atoms with Crippen LogP contribution < -0.4 is 5.32 Å². The fourth-order valence-corrected chi connectivity index (χ4v) is 2.64. The molecule has 2 N–H and O–H groups in total. The van der Waals surface area contributed by atoms with E-state index in [9.17, 15) is 4.79 Å². The van der Waals surface area contributed by atoms with Crippen LogP contribution in [0.4, 0.5) is 0 Å². The minimum atomic E-state index is -0.725. The van der Waals surface area contributed by atoms with Crippen molar-refractivity contribution in [3.63, 3.8) is 0 Å². The molecule has 0 amide bonds. The van der Waals surface area contributed by atoms with Crippen LogP contribution in [0, 0.1) is 11.8 Å². The number of hydrogen-bond donors (Lipinski definition) is 2. The molecule has 0 radical (unpaired) electrons. The summed E-state index contributed by atoms with van der Waals surface area (Å²) in [7, 11) is 1.61. The van der Waals surface area contributed by atoms with E-state index in [4.69, 9.17) is 14.4 Å². The average molecular weight is 268 g/mol. The molecule has 6 nitrogen and oxygen atoms in total. The Morgan fingerprint density at radius 3 is 3.21 bits per heavy atom. The van der Waals surface area contributed by atoms with Gasteiger partial charge >= 0.3 is 5.97 Å². The van der Waals surface area contributed by atoms with E-state index < -0.39 is 5.97 Å². The van der Waals surface area contributed by atoms with E-state index in [1.165, 1.54) is 0 Å². The van der Waals surface area contributed by atoms with Crippen molar-refractivity contribution in [3.8, 4) is 0 Å². The van der Waals surface area contributed by atoms with E-state index in [-0.39, 0.29) is 12.3 Å². The monoisotopic (exact) mass is 268 g/mol. The summed E-state index contributed by atoms with van der Waals surface area (Å²) in [6.07, 6.45) is 1.88. The highest BCUT2D eigenvalue weighted by Gasteiger charge is 2.27. The van der Waals surface area contributed by atoms with E-state index in [2.05, 4.69) is 10.5 Å².